The average Bonchev–Trinajstić information content (AvgIpc) is 3.10. The molecule has 0 aliphatic rings. The first-order chi connectivity index (χ1) is 14.6. The van der Waals surface area contributed by atoms with Gasteiger partial charge in [0.1, 0.15) is 10.3 Å². The van der Waals surface area contributed by atoms with Crippen molar-refractivity contribution in [3.8, 4) is 5.82 Å². The van der Waals surface area contributed by atoms with Crippen LogP contribution in [0.15, 0.2) is 41.1 Å². The zero-order valence-corrected chi connectivity index (χ0v) is 20.0. The minimum Gasteiger partial charge on any atom is -0.320 e. The van der Waals surface area contributed by atoms with Gasteiger partial charge in [0.05, 0.1) is 16.3 Å². The topological polar surface area (TPSA) is 106 Å². The lowest BCUT2D eigenvalue weighted by Crippen LogP contribution is -2.43. The van der Waals surface area contributed by atoms with Crippen LogP contribution in [0.2, 0.25) is 10.0 Å². The first-order valence-corrected chi connectivity index (χ1v) is 10.7. The lowest BCUT2D eigenvalue weighted by atomic mass is 10.1. The molecule has 0 aliphatic heterocycles. The van der Waals surface area contributed by atoms with Crippen molar-refractivity contribution < 1.29 is 9.59 Å². The molecule has 0 saturated heterocycles. The number of hydrazine groups is 1. The maximum atomic E-state index is 13.2. The summed E-state index contributed by atoms with van der Waals surface area (Å²) in [6.07, 6.45) is 1.54. The monoisotopic (exact) mass is 524 g/mol. The summed E-state index contributed by atoms with van der Waals surface area (Å²) in [4.78, 5) is 30.3. The van der Waals surface area contributed by atoms with Gasteiger partial charge in [0.25, 0.3) is 11.8 Å². The van der Waals surface area contributed by atoms with Gasteiger partial charge in [0, 0.05) is 23.3 Å². The zero-order valence-electron chi connectivity index (χ0n) is 16.9. The lowest BCUT2D eigenvalue weighted by molar-refractivity contribution is 0.0706. The number of anilines is 1. The van der Waals surface area contributed by atoms with E-state index in [1.807, 2.05) is 0 Å². The Bertz CT molecular complexity index is 1160. The second-order valence-corrected chi connectivity index (χ2v) is 8.63. The second kappa shape index (κ2) is 9.35. The molecule has 0 saturated carbocycles. The molecular weight excluding hydrogens is 507 g/mol. The maximum absolute atomic E-state index is 13.2. The van der Waals surface area contributed by atoms with E-state index < -0.39 is 11.8 Å². The minimum absolute atomic E-state index is 0.161. The van der Waals surface area contributed by atoms with Crippen LogP contribution in [0.1, 0.15) is 40.3 Å². The van der Waals surface area contributed by atoms with Gasteiger partial charge in [-0.25, -0.2) is 15.5 Å². The van der Waals surface area contributed by atoms with E-state index >= 15 is 0 Å². The fraction of sp³-hybridized carbons (Fsp3) is 0.200. The van der Waals surface area contributed by atoms with E-state index in [9.17, 15) is 9.59 Å². The molecule has 3 N–H and O–H groups in total. The third-order valence-electron chi connectivity index (χ3n) is 4.41. The normalized spacial score (nSPS) is 11.0. The molecule has 2 amide bonds. The van der Waals surface area contributed by atoms with Crippen molar-refractivity contribution in [2.45, 2.75) is 26.8 Å². The van der Waals surface area contributed by atoms with Crippen LogP contribution in [0.4, 0.5) is 5.69 Å². The summed E-state index contributed by atoms with van der Waals surface area (Å²) in [6, 6.07) is 7.70. The lowest BCUT2D eigenvalue weighted by Gasteiger charge is -2.23. The van der Waals surface area contributed by atoms with Gasteiger partial charge >= 0.3 is 0 Å². The van der Waals surface area contributed by atoms with Gasteiger partial charge in [0.15, 0.2) is 5.82 Å². The maximum Gasteiger partial charge on any atom is 0.274 e. The van der Waals surface area contributed by atoms with Gasteiger partial charge in [-0.15, -0.1) is 0 Å². The van der Waals surface area contributed by atoms with E-state index in [1.165, 1.54) is 16.8 Å². The van der Waals surface area contributed by atoms with Gasteiger partial charge in [-0.3, -0.25) is 14.6 Å². The summed E-state index contributed by atoms with van der Waals surface area (Å²) < 4.78 is 1.73. The smallest absolute Gasteiger partial charge is 0.274 e. The minimum atomic E-state index is -0.521. The van der Waals surface area contributed by atoms with Crippen molar-refractivity contribution in [1.82, 2.24) is 19.8 Å². The number of halogens is 3. The van der Waals surface area contributed by atoms with Crippen LogP contribution in [0.25, 0.3) is 5.82 Å². The fourth-order valence-electron chi connectivity index (χ4n) is 2.84. The quantitative estimate of drug-likeness (QED) is 0.287. The number of rotatable bonds is 5. The molecule has 0 aliphatic carbocycles. The van der Waals surface area contributed by atoms with Crippen LogP contribution in [0, 0.1) is 6.92 Å². The van der Waals surface area contributed by atoms with Crippen LogP contribution in [-0.2, 0) is 0 Å². The molecule has 0 bridgehead atoms. The standard InChI is InChI=1S/C20H19BrCl2N6O2/c1-10(2)28(24)20(31)13-8-12(22)7-11(3)17(13)26-19(30)15-9-16(21)27-29(15)18-14(23)5-4-6-25-18/h4-10H,24H2,1-3H3,(H,26,30). The number of aryl methyl sites for hydroxylation is 1. The molecule has 31 heavy (non-hydrogen) atoms. The molecule has 162 valence electrons. The highest BCUT2D eigenvalue weighted by Gasteiger charge is 2.24. The molecule has 11 heteroatoms. The molecule has 0 fully saturated rings. The van der Waals surface area contributed by atoms with Crippen molar-refractivity contribution in [1.29, 1.82) is 0 Å². The molecule has 0 spiro atoms. The van der Waals surface area contributed by atoms with E-state index in [0.29, 0.717) is 25.9 Å². The largest absolute Gasteiger partial charge is 0.320 e. The van der Waals surface area contributed by atoms with Crippen molar-refractivity contribution >= 4 is 56.6 Å². The molecule has 2 aromatic heterocycles. The van der Waals surface area contributed by atoms with Gasteiger partial charge in [-0.1, -0.05) is 23.2 Å². The highest BCUT2D eigenvalue weighted by molar-refractivity contribution is 9.10. The number of nitrogens with one attached hydrogen (secondary N) is 1. The average molecular weight is 526 g/mol. The van der Waals surface area contributed by atoms with Crippen molar-refractivity contribution in [2.75, 3.05) is 5.32 Å². The van der Waals surface area contributed by atoms with Crippen molar-refractivity contribution in [2.24, 2.45) is 5.84 Å². The number of nitrogens with zero attached hydrogens (tertiary/aromatic N) is 4. The number of carbonyl (C=O) groups is 2. The molecule has 1 aromatic carbocycles. The number of aromatic nitrogens is 3. The number of carbonyl (C=O) groups excluding carboxylic acids is 2. The number of nitrogens with two attached hydrogens (primary N) is 1. The molecule has 3 aromatic rings. The molecule has 2 heterocycles. The molecule has 3 rings (SSSR count). The van der Waals surface area contributed by atoms with E-state index in [2.05, 4.69) is 31.3 Å². The van der Waals surface area contributed by atoms with E-state index in [1.54, 1.807) is 45.2 Å². The summed E-state index contributed by atoms with van der Waals surface area (Å²) in [5.74, 6) is 5.20. The highest BCUT2D eigenvalue weighted by Crippen LogP contribution is 2.28. The number of pyridine rings is 1. The Morgan fingerprint density at radius 1 is 1.26 bits per heavy atom. The second-order valence-electron chi connectivity index (χ2n) is 6.98. The van der Waals surface area contributed by atoms with Gasteiger partial charge in [-0.2, -0.15) is 5.10 Å². The third-order valence-corrected chi connectivity index (χ3v) is 5.31. The molecule has 0 radical (unpaired) electrons. The summed E-state index contributed by atoms with van der Waals surface area (Å²) in [5.41, 5.74) is 1.23. The Morgan fingerprint density at radius 3 is 2.61 bits per heavy atom. The molecule has 0 unspecified atom stereocenters. The SMILES string of the molecule is Cc1cc(Cl)cc(C(=O)N(N)C(C)C)c1NC(=O)c1cc(Br)nn1-c1ncccc1Cl. The van der Waals surface area contributed by atoms with Crippen LogP contribution in [0.3, 0.4) is 0 Å². The number of hydrogen-bond acceptors (Lipinski definition) is 5. The van der Waals surface area contributed by atoms with Gasteiger partial charge in [0.2, 0.25) is 0 Å². The highest BCUT2D eigenvalue weighted by atomic mass is 79.9. The van der Waals surface area contributed by atoms with Gasteiger partial charge < -0.3 is 5.32 Å². The number of hydrogen-bond donors (Lipinski definition) is 2. The first kappa shape index (κ1) is 23.2. The number of benzene rings is 1. The third kappa shape index (κ3) is 4.90. The molecular formula is C20H19BrCl2N6O2. The van der Waals surface area contributed by atoms with Crippen LogP contribution in [-0.4, -0.2) is 37.6 Å². The van der Waals surface area contributed by atoms with Crippen LogP contribution >= 0.6 is 39.1 Å². The first-order valence-electron chi connectivity index (χ1n) is 9.16. The van der Waals surface area contributed by atoms with Crippen molar-refractivity contribution in [3.63, 3.8) is 0 Å². The Balaban J connectivity index is 2.04. The molecule has 0 atom stereocenters. The predicted molar refractivity (Wildman–Crippen MR) is 124 cm³/mol. The predicted octanol–water partition coefficient (Wildman–Crippen LogP) is 4.62. The Hall–Kier alpha value is -2.46. The van der Waals surface area contributed by atoms with E-state index in [0.717, 1.165) is 5.01 Å². The summed E-state index contributed by atoms with van der Waals surface area (Å²) in [7, 11) is 0. The Kier molecular flexibility index (Phi) is 7.00. The van der Waals surface area contributed by atoms with Crippen molar-refractivity contribution in [3.05, 3.63) is 68.0 Å². The summed E-state index contributed by atoms with van der Waals surface area (Å²) >= 11 is 15.7. The van der Waals surface area contributed by atoms with Crippen LogP contribution in [0.5, 0.6) is 0 Å². The summed E-state index contributed by atoms with van der Waals surface area (Å²) in [6.45, 7) is 5.29. The number of amides is 2. The fourth-order valence-corrected chi connectivity index (χ4v) is 3.69. The zero-order chi connectivity index (χ0) is 22.9. The Morgan fingerprint density at radius 2 is 1.97 bits per heavy atom. The van der Waals surface area contributed by atoms with E-state index in [4.69, 9.17) is 29.0 Å². The van der Waals surface area contributed by atoms with Gasteiger partial charge in [-0.05, 0) is 66.5 Å². The van der Waals surface area contributed by atoms with E-state index in [-0.39, 0.29) is 23.1 Å². The van der Waals surface area contributed by atoms with Crippen LogP contribution < -0.4 is 11.2 Å². The molecule has 8 nitrogen and oxygen atoms in total. The Labute approximate surface area is 197 Å². The summed E-state index contributed by atoms with van der Waals surface area (Å²) in [5, 5.41) is 8.80.